The van der Waals surface area contributed by atoms with Crippen molar-refractivity contribution in [3.63, 3.8) is 0 Å². The predicted molar refractivity (Wildman–Crippen MR) is 68.5 cm³/mol. The van der Waals surface area contributed by atoms with Crippen LogP contribution in [0.1, 0.15) is 20.7 Å². The first-order chi connectivity index (χ1) is 9.59. The fourth-order valence-corrected chi connectivity index (χ4v) is 2.06. The van der Waals surface area contributed by atoms with E-state index in [4.69, 9.17) is 0 Å². The van der Waals surface area contributed by atoms with E-state index in [-0.39, 0.29) is 16.8 Å². The number of pyridine rings is 1. The lowest BCUT2D eigenvalue weighted by molar-refractivity contribution is -0.384. The van der Waals surface area contributed by atoms with Crippen LogP contribution in [0.4, 0.5) is 11.4 Å². The Kier molecular flexibility index (Phi) is 2.53. The Morgan fingerprint density at radius 1 is 1.10 bits per heavy atom. The Morgan fingerprint density at radius 2 is 1.85 bits per heavy atom. The summed E-state index contributed by atoms with van der Waals surface area (Å²) in [6, 6.07) is 6.79. The molecule has 1 aromatic carbocycles. The summed E-state index contributed by atoms with van der Waals surface area (Å²) in [4.78, 5) is 39.4. The minimum atomic E-state index is -0.606. The van der Waals surface area contributed by atoms with Crippen molar-refractivity contribution in [2.45, 2.75) is 0 Å². The van der Waals surface area contributed by atoms with Gasteiger partial charge in [-0.1, -0.05) is 0 Å². The number of fused-ring (bicyclic) bond motifs is 1. The summed E-state index contributed by atoms with van der Waals surface area (Å²) < 4.78 is 0. The number of imide groups is 1. The number of nitrogens with zero attached hydrogens (tertiary/aromatic N) is 3. The molecule has 0 aliphatic carbocycles. The van der Waals surface area contributed by atoms with Gasteiger partial charge in [0.05, 0.1) is 27.9 Å². The number of aromatic nitrogens is 1. The molecule has 2 heterocycles. The second-order valence-electron chi connectivity index (χ2n) is 4.14. The van der Waals surface area contributed by atoms with E-state index in [1.54, 1.807) is 12.1 Å². The number of anilines is 1. The van der Waals surface area contributed by atoms with Gasteiger partial charge in [-0.05, 0) is 18.2 Å². The molecular formula is C13H7N3O4. The number of hydrogen-bond donors (Lipinski definition) is 0. The molecule has 7 nitrogen and oxygen atoms in total. The summed E-state index contributed by atoms with van der Waals surface area (Å²) in [7, 11) is 0. The molecule has 0 saturated carbocycles. The summed E-state index contributed by atoms with van der Waals surface area (Å²) in [6.45, 7) is 0. The Bertz CT molecular complexity index is 743. The summed E-state index contributed by atoms with van der Waals surface area (Å²) in [5, 5.41) is 10.7. The zero-order chi connectivity index (χ0) is 14.3. The zero-order valence-electron chi connectivity index (χ0n) is 10.0. The van der Waals surface area contributed by atoms with E-state index in [1.165, 1.54) is 24.5 Å². The molecule has 20 heavy (non-hydrogen) atoms. The lowest BCUT2D eigenvalue weighted by Gasteiger charge is -2.12. The molecule has 7 heteroatoms. The van der Waals surface area contributed by atoms with Gasteiger partial charge in [-0.15, -0.1) is 0 Å². The Morgan fingerprint density at radius 3 is 2.50 bits per heavy atom. The lowest BCUT2D eigenvalue weighted by Crippen LogP contribution is -2.29. The zero-order valence-corrected chi connectivity index (χ0v) is 10.0. The van der Waals surface area contributed by atoms with Crippen molar-refractivity contribution >= 4 is 23.2 Å². The lowest BCUT2D eigenvalue weighted by atomic mass is 10.1. The first kappa shape index (κ1) is 12.0. The van der Waals surface area contributed by atoms with Crippen molar-refractivity contribution in [1.82, 2.24) is 4.98 Å². The molecule has 2 amide bonds. The van der Waals surface area contributed by atoms with E-state index < -0.39 is 16.7 Å². The molecule has 0 atom stereocenters. The van der Waals surface area contributed by atoms with Gasteiger partial charge >= 0.3 is 0 Å². The fourth-order valence-electron chi connectivity index (χ4n) is 2.06. The average molecular weight is 269 g/mol. The van der Waals surface area contributed by atoms with Crippen LogP contribution in [0.15, 0.2) is 42.7 Å². The maximum Gasteiger partial charge on any atom is 0.270 e. The fraction of sp³-hybridized carbons (Fsp3) is 0. The SMILES string of the molecule is O=C1c2ccc([N+](=O)[O-])cc2C(=O)N1c1cccnc1. The maximum atomic E-state index is 12.2. The molecule has 1 aliphatic heterocycles. The number of benzene rings is 1. The quantitative estimate of drug-likeness (QED) is 0.470. The van der Waals surface area contributed by atoms with Crippen LogP contribution in [-0.2, 0) is 0 Å². The summed E-state index contributed by atoms with van der Waals surface area (Å²) in [5.74, 6) is -1.09. The van der Waals surface area contributed by atoms with Gasteiger partial charge in [0.25, 0.3) is 17.5 Å². The van der Waals surface area contributed by atoms with Gasteiger partial charge in [0.15, 0.2) is 0 Å². The third-order valence-electron chi connectivity index (χ3n) is 2.99. The van der Waals surface area contributed by atoms with E-state index in [0.717, 1.165) is 11.0 Å². The van der Waals surface area contributed by atoms with Crippen LogP contribution in [0.25, 0.3) is 0 Å². The molecule has 3 rings (SSSR count). The third kappa shape index (κ3) is 1.64. The number of non-ortho nitro benzene ring substituents is 1. The van der Waals surface area contributed by atoms with Crippen LogP contribution in [0.5, 0.6) is 0 Å². The normalized spacial score (nSPS) is 13.5. The summed E-state index contributed by atoms with van der Waals surface area (Å²) >= 11 is 0. The van der Waals surface area contributed by atoms with Crippen molar-refractivity contribution in [2.75, 3.05) is 4.90 Å². The van der Waals surface area contributed by atoms with Crippen LogP contribution >= 0.6 is 0 Å². The van der Waals surface area contributed by atoms with E-state index >= 15 is 0 Å². The molecule has 1 aliphatic rings. The Balaban J connectivity index is 2.11. The predicted octanol–water partition coefficient (Wildman–Crippen LogP) is 1.79. The molecule has 0 unspecified atom stereocenters. The number of carbonyl (C=O) groups is 2. The van der Waals surface area contributed by atoms with Crippen LogP contribution in [0.3, 0.4) is 0 Å². The smallest absolute Gasteiger partial charge is 0.268 e. The first-order valence-corrected chi connectivity index (χ1v) is 5.67. The highest BCUT2D eigenvalue weighted by Crippen LogP contribution is 2.30. The number of carbonyl (C=O) groups excluding carboxylic acids is 2. The molecule has 1 aromatic heterocycles. The third-order valence-corrected chi connectivity index (χ3v) is 2.99. The number of hydrogen-bond acceptors (Lipinski definition) is 5. The van der Waals surface area contributed by atoms with Gasteiger partial charge in [-0.25, -0.2) is 4.90 Å². The van der Waals surface area contributed by atoms with Crippen molar-refractivity contribution in [3.05, 3.63) is 64.0 Å². The van der Waals surface area contributed by atoms with Crippen molar-refractivity contribution < 1.29 is 14.5 Å². The molecule has 0 saturated heterocycles. The van der Waals surface area contributed by atoms with Gasteiger partial charge < -0.3 is 0 Å². The van der Waals surface area contributed by atoms with Crippen LogP contribution in [0.2, 0.25) is 0 Å². The second-order valence-corrected chi connectivity index (χ2v) is 4.14. The number of amides is 2. The van der Waals surface area contributed by atoms with E-state index in [0.29, 0.717) is 5.69 Å². The van der Waals surface area contributed by atoms with Crippen molar-refractivity contribution in [1.29, 1.82) is 0 Å². The molecule has 0 spiro atoms. The largest absolute Gasteiger partial charge is 0.270 e. The Labute approximate surface area is 112 Å². The van der Waals surface area contributed by atoms with E-state index in [2.05, 4.69) is 4.98 Å². The minimum Gasteiger partial charge on any atom is -0.268 e. The summed E-state index contributed by atoms with van der Waals surface area (Å²) in [5.41, 5.74) is 0.303. The van der Waals surface area contributed by atoms with Crippen LogP contribution in [0, 0.1) is 10.1 Å². The molecule has 98 valence electrons. The average Bonchev–Trinajstić information content (AvgIpc) is 2.71. The molecule has 0 radical (unpaired) electrons. The van der Waals surface area contributed by atoms with Crippen LogP contribution in [-0.4, -0.2) is 21.7 Å². The van der Waals surface area contributed by atoms with Gasteiger partial charge in [0.1, 0.15) is 0 Å². The number of rotatable bonds is 2. The maximum absolute atomic E-state index is 12.2. The Hall–Kier alpha value is -3.09. The van der Waals surface area contributed by atoms with E-state index in [1.807, 2.05) is 0 Å². The topological polar surface area (TPSA) is 93.4 Å². The molecule has 0 fully saturated rings. The van der Waals surface area contributed by atoms with Crippen molar-refractivity contribution in [3.8, 4) is 0 Å². The van der Waals surface area contributed by atoms with Crippen LogP contribution < -0.4 is 4.90 Å². The van der Waals surface area contributed by atoms with Gasteiger partial charge in [0.2, 0.25) is 0 Å². The van der Waals surface area contributed by atoms with Gasteiger partial charge in [-0.3, -0.25) is 24.7 Å². The van der Waals surface area contributed by atoms with Gasteiger partial charge in [0, 0.05) is 18.3 Å². The molecular weight excluding hydrogens is 262 g/mol. The minimum absolute atomic E-state index is 0.0352. The highest BCUT2D eigenvalue weighted by atomic mass is 16.6. The highest BCUT2D eigenvalue weighted by molar-refractivity contribution is 6.34. The first-order valence-electron chi connectivity index (χ1n) is 5.67. The highest BCUT2D eigenvalue weighted by Gasteiger charge is 2.37. The number of nitro benzene ring substituents is 1. The molecule has 0 N–H and O–H groups in total. The number of nitro groups is 1. The standard InChI is InChI=1S/C13H7N3O4/c17-12-10-4-3-8(16(19)20)6-11(10)13(18)15(12)9-2-1-5-14-7-9/h1-7H. The second kappa shape index (κ2) is 4.23. The van der Waals surface area contributed by atoms with Gasteiger partial charge in [-0.2, -0.15) is 0 Å². The molecule has 2 aromatic rings. The van der Waals surface area contributed by atoms with E-state index in [9.17, 15) is 19.7 Å². The molecule has 0 bridgehead atoms. The summed E-state index contributed by atoms with van der Waals surface area (Å²) in [6.07, 6.45) is 2.91. The monoisotopic (exact) mass is 269 g/mol. The van der Waals surface area contributed by atoms with Crippen molar-refractivity contribution in [2.24, 2.45) is 0 Å².